The van der Waals surface area contributed by atoms with Crippen LogP contribution in [0.3, 0.4) is 0 Å². The van der Waals surface area contributed by atoms with Crippen LogP contribution in [0.5, 0.6) is 0 Å². The summed E-state index contributed by atoms with van der Waals surface area (Å²) in [6.45, 7) is 3.88. The van der Waals surface area contributed by atoms with E-state index in [0.29, 0.717) is 5.56 Å². The number of rotatable bonds is 6. The summed E-state index contributed by atoms with van der Waals surface area (Å²) >= 11 is 0. The molecule has 0 amide bonds. The number of benzene rings is 1. The number of halogens is 1. The van der Waals surface area contributed by atoms with Crippen LogP contribution in [0.15, 0.2) is 24.3 Å². The van der Waals surface area contributed by atoms with Gasteiger partial charge in [0.15, 0.2) is 5.78 Å². The number of aliphatic hydroxyl groups is 1. The van der Waals surface area contributed by atoms with Crippen LogP contribution in [0.4, 0.5) is 4.39 Å². The topological polar surface area (TPSA) is 37.3 Å². The number of hydrogen-bond donors (Lipinski definition) is 1. The fraction of sp³-hybridized carbons (Fsp3) is 0.500. The zero-order valence-corrected chi connectivity index (χ0v) is 10.3. The minimum atomic E-state index is -0.982. The second-order valence-electron chi connectivity index (χ2n) is 4.26. The normalized spacial score (nSPS) is 12.8. The number of aliphatic hydroxyl groups excluding tert-OH is 1. The molecular weight excluding hydrogens is 219 g/mol. The lowest BCUT2D eigenvalue weighted by Crippen LogP contribution is -2.30. The Hall–Kier alpha value is -1.22. The number of Topliss-reactive ketones (excluding diaryl/α,β-unsaturated/α-hetero) is 1. The molecule has 0 fully saturated rings. The van der Waals surface area contributed by atoms with Crippen molar-refractivity contribution in [2.45, 2.75) is 39.2 Å². The van der Waals surface area contributed by atoms with Gasteiger partial charge in [0.05, 0.1) is 0 Å². The van der Waals surface area contributed by atoms with E-state index < -0.39 is 11.9 Å². The summed E-state index contributed by atoms with van der Waals surface area (Å²) < 4.78 is 13.3. The Bertz CT molecular complexity index is 372. The summed E-state index contributed by atoms with van der Waals surface area (Å²) in [4.78, 5) is 11.8. The van der Waals surface area contributed by atoms with Gasteiger partial charge in [-0.05, 0) is 17.5 Å². The highest BCUT2D eigenvalue weighted by Crippen LogP contribution is 2.16. The van der Waals surface area contributed by atoms with E-state index in [2.05, 4.69) is 0 Å². The van der Waals surface area contributed by atoms with Crippen molar-refractivity contribution in [3.05, 3.63) is 35.6 Å². The lowest BCUT2D eigenvalue weighted by atomic mass is 9.91. The molecule has 0 spiro atoms. The second kappa shape index (κ2) is 6.50. The van der Waals surface area contributed by atoms with Gasteiger partial charge in [-0.15, -0.1) is 0 Å². The summed E-state index contributed by atoms with van der Waals surface area (Å²) in [5.41, 5.74) is 0.350. The summed E-state index contributed by atoms with van der Waals surface area (Å²) in [5, 5.41) is 9.86. The maximum absolute atomic E-state index is 13.3. The molecule has 0 aliphatic rings. The van der Waals surface area contributed by atoms with Crippen molar-refractivity contribution < 1.29 is 14.3 Å². The molecule has 3 heteroatoms. The van der Waals surface area contributed by atoms with Crippen molar-refractivity contribution in [1.82, 2.24) is 0 Å². The summed E-state index contributed by atoms with van der Waals surface area (Å²) in [5.74, 6) is -0.726. The SMILES string of the molecule is CCC(CC)C(O)C(=O)Cc1ccccc1F. The fourth-order valence-electron chi connectivity index (χ4n) is 1.93. The van der Waals surface area contributed by atoms with E-state index in [1.54, 1.807) is 18.2 Å². The van der Waals surface area contributed by atoms with E-state index in [1.807, 2.05) is 13.8 Å². The van der Waals surface area contributed by atoms with Crippen LogP contribution in [-0.4, -0.2) is 17.0 Å². The Morgan fingerprint density at radius 2 is 1.88 bits per heavy atom. The highest BCUT2D eigenvalue weighted by molar-refractivity contribution is 5.85. The van der Waals surface area contributed by atoms with Gasteiger partial charge in [-0.1, -0.05) is 44.9 Å². The van der Waals surface area contributed by atoms with Gasteiger partial charge < -0.3 is 5.11 Å². The standard InChI is InChI=1S/C14H19FO2/c1-3-10(4-2)14(17)13(16)9-11-7-5-6-8-12(11)15/h5-8,10,14,17H,3-4,9H2,1-2H3. The minimum Gasteiger partial charge on any atom is -0.385 e. The number of carbonyl (C=O) groups excluding carboxylic acids is 1. The molecule has 1 atom stereocenters. The minimum absolute atomic E-state index is 0.0331. The molecule has 0 heterocycles. The highest BCUT2D eigenvalue weighted by atomic mass is 19.1. The third-order valence-corrected chi connectivity index (χ3v) is 3.15. The smallest absolute Gasteiger partial charge is 0.166 e. The molecular formula is C14H19FO2. The predicted molar refractivity (Wildman–Crippen MR) is 65.2 cm³/mol. The number of hydrogen-bond acceptors (Lipinski definition) is 2. The molecule has 0 saturated carbocycles. The Kier molecular flexibility index (Phi) is 5.29. The van der Waals surface area contributed by atoms with Crippen molar-refractivity contribution in [3.63, 3.8) is 0 Å². The molecule has 0 aliphatic heterocycles. The lowest BCUT2D eigenvalue weighted by Gasteiger charge is -2.18. The molecule has 1 aromatic carbocycles. The van der Waals surface area contributed by atoms with Gasteiger partial charge in [-0.2, -0.15) is 0 Å². The summed E-state index contributed by atoms with van der Waals surface area (Å²) in [6.07, 6.45) is 0.482. The monoisotopic (exact) mass is 238 g/mol. The van der Waals surface area contributed by atoms with Gasteiger partial charge in [0, 0.05) is 6.42 Å². The van der Waals surface area contributed by atoms with Gasteiger partial charge in [-0.3, -0.25) is 4.79 Å². The molecule has 1 N–H and O–H groups in total. The van der Waals surface area contributed by atoms with Crippen molar-refractivity contribution in [2.24, 2.45) is 5.92 Å². The van der Waals surface area contributed by atoms with Crippen LogP contribution < -0.4 is 0 Å². The first-order chi connectivity index (χ1) is 8.10. The summed E-state index contributed by atoms with van der Waals surface area (Å²) in [6, 6.07) is 6.18. The van der Waals surface area contributed by atoms with E-state index >= 15 is 0 Å². The van der Waals surface area contributed by atoms with Crippen LogP contribution in [0, 0.1) is 11.7 Å². The van der Waals surface area contributed by atoms with E-state index in [1.165, 1.54) is 6.07 Å². The molecule has 0 radical (unpaired) electrons. The van der Waals surface area contributed by atoms with Crippen molar-refractivity contribution in [1.29, 1.82) is 0 Å². The van der Waals surface area contributed by atoms with Crippen molar-refractivity contribution in [2.75, 3.05) is 0 Å². The first-order valence-corrected chi connectivity index (χ1v) is 6.04. The van der Waals surface area contributed by atoms with Crippen molar-refractivity contribution in [3.8, 4) is 0 Å². The third kappa shape index (κ3) is 3.63. The molecule has 1 unspecified atom stereocenters. The molecule has 0 aromatic heterocycles. The fourth-order valence-corrected chi connectivity index (χ4v) is 1.93. The molecule has 0 saturated heterocycles. The quantitative estimate of drug-likeness (QED) is 0.827. The van der Waals surface area contributed by atoms with E-state index in [9.17, 15) is 14.3 Å². The summed E-state index contributed by atoms with van der Waals surface area (Å²) in [7, 11) is 0. The van der Waals surface area contributed by atoms with Gasteiger partial charge in [0.25, 0.3) is 0 Å². The maximum atomic E-state index is 13.3. The molecule has 0 aliphatic carbocycles. The Morgan fingerprint density at radius 3 is 2.41 bits per heavy atom. The average molecular weight is 238 g/mol. The first-order valence-electron chi connectivity index (χ1n) is 6.04. The first kappa shape index (κ1) is 13.8. The van der Waals surface area contributed by atoms with Crippen LogP contribution >= 0.6 is 0 Å². The Balaban J connectivity index is 2.69. The average Bonchev–Trinajstić information content (AvgIpc) is 2.33. The van der Waals surface area contributed by atoms with E-state index in [0.717, 1.165) is 12.8 Å². The van der Waals surface area contributed by atoms with Crippen LogP contribution in [-0.2, 0) is 11.2 Å². The molecule has 94 valence electrons. The highest BCUT2D eigenvalue weighted by Gasteiger charge is 2.23. The third-order valence-electron chi connectivity index (χ3n) is 3.15. The number of carbonyl (C=O) groups is 1. The molecule has 1 aromatic rings. The number of ketones is 1. The molecule has 17 heavy (non-hydrogen) atoms. The molecule has 2 nitrogen and oxygen atoms in total. The maximum Gasteiger partial charge on any atom is 0.166 e. The van der Waals surface area contributed by atoms with Gasteiger partial charge >= 0.3 is 0 Å². The van der Waals surface area contributed by atoms with E-state index in [4.69, 9.17) is 0 Å². The molecule has 1 rings (SSSR count). The van der Waals surface area contributed by atoms with E-state index in [-0.39, 0.29) is 18.1 Å². The van der Waals surface area contributed by atoms with Crippen molar-refractivity contribution >= 4 is 5.78 Å². The van der Waals surface area contributed by atoms with Gasteiger partial charge in [0.1, 0.15) is 11.9 Å². The van der Waals surface area contributed by atoms with Gasteiger partial charge in [-0.25, -0.2) is 4.39 Å². The Labute approximate surface area is 101 Å². The largest absolute Gasteiger partial charge is 0.385 e. The zero-order valence-electron chi connectivity index (χ0n) is 10.3. The predicted octanol–water partition coefficient (Wildman–Crippen LogP) is 2.73. The van der Waals surface area contributed by atoms with Gasteiger partial charge in [0.2, 0.25) is 0 Å². The van der Waals surface area contributed by atoms with Crippen LogP contribution in [0.2, 0.25) is 0 Å². The Morgan fingerprint density at radius 1 is 1.29 bits per heavy atom. The zero-order chi connectivity index (χ0) is 12.8. The lowest BCUT2D eigenvalue weighted by molar-refractivity contribution is -0.129. The second-order valence-corrected chi connectivity index (χ2v) is 4.26. The van der Waals surface area contributed by atoms with Crippen LogP contribution in [0.25, 0.3) is 0 Å². The molecule has 0 bridgehead atoms. The van der Waals surface area contributed by atoms with Crippen LogP contribution in [0.1, 0.15) is 32.3 Å².